The third kappa shape index (κ3) is 5.47. The van der Waals surface area contributed by atoms with Gasteiger partial charge < -0.3 is 14.2 Å². The van der Waals surface area contributed by atoms with Gasteiger partial charge in [0.2, 0.25) is 0 Å². The van der Waals surface area contributed by atoms with Crippen LogP contribution in [-0.4, -0.2) is 48.3 Å². The monoisotopic (exact) mass is 504 g/mol. The van der Waals surface area contributed by atoms with E-state index >= 15 is 0 Å². The number of piperidine rings is 1. The lowest BCUT2D eigenvalue weighted by Gasteiger charge is -2.31. The maximum Gasteiger partial charge on any atom is 0.193 e. The summed E-state index contributed by atoms with van der Waals surface area (Å²) in [6, 6.07) is 19.6. The Kier molecular flexibility index (Phi) is 7.68. The van der Waals surface area contributed by atoms with Gasteiger partial charge in [-0.2, -0.15) is 0 Å². The lowest BCUT2D eigenvalue weighted by atomic mass is 9.91. The lowest BCUT2D eigenvalue weighted by Crippen LogP contribution is -2.34. The number of benzene rings is 3. The zero-order chi connectivity index (χ0) is 24.9. The first kappa shape index (κ1) is 24.5. The van der Waals surface area contributed by atoms with Gasteiger partial charge in [0, 0.05) is 39.9 Å². The second kappa shape index (κ2) is 11.3. The number of rotatable bonds is 9. The SMILES string of the molecule is CSc1cc(C(=O)c2ccccc2)ccc1OCCCN1CCC(c2noc3cc(F)ccc23)CC1. The minimum absolute atomic E-state index is 0.0200. The van der Waals surface area contributed by atoms with Crippen LogP contribution in [0.1, 0.15) is 46.8 Å². The Bertz CT molecular complexity index is 1330. The van der Waals surface area contributed by atoms with Crippen molar-refractivity contribution in [3.05, 3.63) is 89.4 Å². The minimum atomic E-state index is -0.302. The highest BCUT2D eigenvalue weighted by Crippen LogP contribution is 2.33. The Balaban J connectivity index is 1.10. The van der Waals surface area contributed by atoms with Crippen LogP contribution in [0.4, 0.5) is 4.39 Å². The van der Waals surface area contributed by atoms with Crippen LogP contribution in [0, 0.1) is 5.82 Å². The number of hydrogen-bond donors (Lipinski definition) is 0. The topological polar surface area (TPSA) is 55.6 Å². The largest absolute Gasteiger partial charge is 0.492 e. The molecule has 1 aliphatic heterocycles. The average Bonchev–Trinajstić information content (AvgIpc) is 3.34. The average molecular weight is 505 g/mol. The van der Waals surface area contributed by atoms with Gasteiger partial charge in [-0.3, -0.25) is 4.79 Å². The predicted octanol–water partition coefficient (Wildman–Crippen LogP) is 6.57. The summed E-state index contributed by atoms with van der Waals surface area (Å²) in [5.41, 5.74) is 2.83. The fourth-order valence-corrected chi connectivity index (χ4v) is 5.38. The van der Waals surface area contributed by atoms with Gasteiger partial charge in [-0.15, -0.1) is 11.8 Å². The van der Waals surface area contributed by atoms with Gasteiger partial charge in [0.25, 0.3) is 0 Å². The van der Waals surface area contributed by atoms with E-state index in [9.17, 15) is 9.18 Å². The summed E-state index contributed by atoms with van der Waals surface area (Å²) >= 11 is 1.59. The molecule has 0 N–H and O–H groups in total. The van der Waals surface area contributed by atoms with E-state index in [0.717, 1.165) is 60.6 Å². The summed E-state index contributed by atoms with van der Waals surface area (Å²) in [7, 11) is 0. The van der Waals surface area contributed by atoms with Crippen molar-refractivity contribution in [1.82, 2.24) is 10.1 Å². The summed E-state index contributed by atoms with van der Waals surface area (Å²) in [4.78, 5) is 16.2. The normalized spacial score (nSPS) is 14.8. The number of ether oxygens (including phenoxy) is 1. The minimum Gasteiger partial charge on any atom is -0.492 e. The van der Waals surface area contributed by atoms with Gasteiger partial charge in [0.05, 0.1) is 12.3 Å². The molecule has 0 atom stereocenters. The number of thioether (sulfide) groups is 1. The molecule has 3 aromatic carbocycles. The van der Waals surface area contributed by atoms with Crippen molar-refractivity contribution in [3.63, 3.8) is 0 Å². The maximum atomic E-state index is 13.4. The Hall–Kier alpha value is -3.16. The van der Waals surface area contributed by atoms with E-state index in [1.54, 1.807) is 17.8 Å². The molecular weight excluding hydrogens is 475 g/mol. The molecule has 0 radical (unpaired) electrons. The smallest absolute Gasteiger partial charge is 0.193 e. The molecule has 1 aromatic heterocycles. The van der Waals surface area contributed by atoms with Crippen LogP contribution in [0.15, 0.2) is 76.1 Å². The van der Waals surface area contributed by atoms with Crippen molar-refractivity contribution < 1.29 is 18.4 Å². The van der Waals surface area contributed by atoms with Crippen molar-refractivity contribution >= 4 is 28.5 Å². The van der Waals surface area contributed by atoms with E-state index in [1.165, 1.54) is 12.1 Å². The van der Waals surface area contributed by atoms with Crippen LogP contribution in [0.25, 0.3) is 11.0 Å². The van der Waals surface area contributed by atoms with Crippen LogP contribution >= 0.6 is 11.8 Å². The number of aromatic nitrogens is 1. The first-order chi connectivity index (χ1) is 17.6. The summed E-state index contributed by atoms with van der Waals surface area (Å²) in [6.45, 7) is 3.58. The molecule has 1 saturated heterocycles. The molecule has 5 rings (SSSR count). The molecule has 4 aromatic rings. The van der Waals surface area contributed by atoms with E-state index in [0.29, 0.717) is 29.2 Å². The second-order valence-corrected chi connectivity index (χ2v) is 9.94. The Morgan fingerprint density at radius 2 is 1.89 bits per heavy atom. The quantitative estimate of drug-likeness (QED) is 0.146. The van der Waals surface area contributed by atoms with Gasteiger partial charge in [0.15, 0.2) is 11.4 Å². The fourth-order valence-electron chi connectivity index (χ4n) is 4.81. The van der Waals surface area contributed by atoms with Crippen molar-refractivity contribution in [2.75, 3.05) is 32.5 Å². The molecule has 36 heavy (non-hydrogen) atoms. The maximum absolute atomic E-state index is 13.4. The van der Waals surface area contributed by atoms with Crippen molar-refractivity contribution in [1.29, 1.82) is 0 Å². The Labute approximate surface area is 214 Å². The van der Waals surface area contributed by atoms with E-state index in [1.807, 2.05) is 54.8 Å². The summed E-state index contributed by atoms with van der Waals surface area (Å²) in [6.07, 6.45) is 4.94. The number of carbonyl (C=O) groups excluding carboxylic acids is 1. The Morgan fingerprint density at radius 1 is 1.08 bits per heavy atom. The summed E-state index contributed by atoms with van der Waals surface area (Å²) in [5.74, 6) is 0.876. The zero-order valence-electron chi connectivity index (χ0n) is 20.3. The highest BCUT2D eigenvalue weighted by molar-refractivity contribution is 7.98. The molecule has 0 spiro atoms. The first-order valence-corrected chi connectivity index (χ1v) is 13.5. The van der Waals surface area contributed by atoms with E-state index in [4.69, 9.17) is 9.26 Å². The number of nitrogens with zero attached hydrogens (tertiary/aromatic N) is 2. The number of ketones is 1. The van der Waals surface area contributed by atoms with E-state index in [-0.39, 0.29) is 11.6 Å². The second-order valence-electron chi connectivity index (χ2n) is 9.09. The first-order valence-electron chi connectivity index (χ1n) is 12.3. The van der Waals surface area contributed by atoms with Crippen LogP contribution in [0.3, 0.4) is 0 Å². The third-order valence-electron chi connectivity index (χ3n) is 6.77. The van der Waals surface area contributed by atoms with Crippen molar-refractivity contribution in [3.8, 4) is 5.75 Å². The molecule has 0 amide bonds. The van der Waals surface area contributed by atoms with Crippen LogP contribution in [0.5, 0.6) is 5.75 Å². The zero-order valence-corrected chi connectivity index (χ0v) is 21.1. The number of carbonyl (C=O) groups is 1. The van der Waals surface area contributed by atoms with E-state index in [2.05, 4.69) is 10.1 Å². The summed E-state index contributed by atoms with van der Waals surface area (Å²) in [5, 5.41) is 5.16. The van der Waals surface area contributed by atoms with Gasteiger partial charge >= 0.3 is 0 Å². The van der Waals surface area contributed by atoms with E-state index < -0.39 is 0 Å². The van der Waals surface area contributed by atoms with Crippen LogP contribution in [0.2, 0.25) is 0 Å². The molecule has 2 heterocycles. The van der Waals surface area contributed by atoms with Gasteiger partial charge in [0.1, 0.15) is 11.6 Å². The Morgan fingerprint density at radius 3 is 2.67 bits per heavy atom. The fraction of sp³-hybridized carbons (Fsp3) is 0.310. The molecular formula is C29H29FN2O3S. The molecule has 186 valence electrons. The molecule has 0 unspecified atom stereocenters. The molecule has 0 aliphatic carbocycles. The van der Waals surface area contributed by atoms with Crippen LogP contribution < -0.4 is 4.74 Å². The number of hydrogen-bond acceptors (Lipinski definition) is 6. The number of fused-ring (bicyclic) bond motifs is 1. The van der Waals surface area contributed by atoms with Gasteiger partial charge in [-0.1, -0.05) is 35.5 Å². The van der Waals surface area contributed by atoms with Gasteiger partial charge in [-0.25, -0.2) is 4.39 Å². The number of likely N-dealkylation sites (tertiary alicyclic amines) is 1. The van der Waals surface area contributed by atoms with Gasteiger partial charge in [-0.05, 0) is 68.9 Å². The molecule has 0 bridgehead atoms. The molecule has 1 fully saturated rings. The highest BCUT2D eigenvalue weighted by atomic mass is 32.2. The summed E-state index contributed by atoms with van der Waals surface area (Å²) < 4.78 is 24.9. The highest BCUT2D eigenvalue weighted by Gasteiger charge is 2.25. The van der Waals surface area contributed by atoms with Crippen LogP contribution in [-0.2, 0) is 0 Å². The lowest BCUT2D eigenvalue weighted by molar-refractivity contribution is 0.103. The third-order valence-corrected chi connectivity index (χ3v) is 7.53. The standard InChI is InChI=1S/C29H29FN2O3S/c1-36-27-18-22(29(33)21-6-3-2-4-7-21)8-11-25(27)34-17-5-14-32-15-12-20(13-16-32)28-24-10-9-23(30)19-26(24)35-31-28/h2-4,6-11,18-20H,5,12-17H2,1H3. The molecule has 0 saturated carbocycles. The molecule has 7 heteroatoms. The number of halogens is 1. The molecule has 1 aliphatic rings. The van der Waals surface area contributed by atoms with Crippen molar-refractivity contribution in [2.45, 2.75) is 30.1 Å². The van der Waals surface area contributed by atoms with Crippen molar-refractivity contribution in [2.24, 2.45) is 0 Å². The predicted molar refractivity (Wildman–Crippen MR) is 141 cm³/mol. The molecule has 5 nitrogen and oxygen atoms in total.